The zero-order chi connectivity index (χ0) is 18.2. The summed E-state index contributed by atoms with van der Waals surface area (Å²) in [6, 6.07) is 21.6. The summed E-state index contributed by atoms with van der Waals surface area (Å²) in [6.07, 6.45) is 4.41. The van der Waals surface area contributed by atoms with Crippen molar-refractivity contribution in [2.45, 2.75) is 13.0 Å². The highest BCUT2D eigenvalue weighted by molar-refractivity contribution is 5.97. The Hall–Kier alpha value is -3.27. The van der Waals surface area contributed by atoms with Crippen LogP contribution in [-0.2, 0) is 11.3 Å². The average molecular weight is 346 g/mol. The Balaban J connectivity index is 1.46. The Kier molecular flexibility index (Phi) is 5.88. The molecule has 132 valence electrons. The lowest BCUT2D eigenvalue weighted by molar-refractivity contribution is 0.140. The number of carbonyl (C=O) groups excluding carboxylic acids is 1. The minimum atomic E-state index is -0.403. The quantitative estimate of drug-likeness (QED) is 0.500. The van der Waals surface area contributed by atoms with Gasteiger partial charge in [-0.2, -0.15) is 0 Å². The van der Waals surface area contributed by atoms with Gasteiger partial charge >= 0.3 is 6.09 Å². The van der Waals surface area contributed by atoms with Gasteiger partial charge in [0.1, 0.15) is 6.61 Å². The van der Waals surface area contributed by atoms with Crippen molar-refractivity contribution in [3.8, 4) is 0 Å². The lowest BCUT2D eigenvalue weighted by Crippen LogP contribution is -2.24. The molecule has 3 rings (SSSR count). The Labute approximate surface area is 153 Å². The third-order valence-corrected chi connectivity index (χ3v) is 4.08. The second-order valence-corrected chi connectivity index (χ2v) is 5.97. The van der Waals surface area contributed by atoms with E-state index in [1.165, 1.54) is 0 Å². The summed E-state index contributed by atoms with van der Waals surface area (Å²) < 4.78 is 5.18. The Morgan fingerprint density at radius 3 is 2.58 bits per heavy atom. The first-order valence-electron chi connectivity index (χ1n) is 8.62. The molecule has 0 spiro atoms. The van der Waals surface area contributed by atoms with E-state index in [-0.39, 0.29) is 6.61 Å². The van der Waals surface area contributed by atoms with E-state index in [0.717, 1.165) is 34.0 Å². The molecule has 3 aromatic carbocycles. The van der Waals surface area contributed by atoms with Gasteiger partial charge in [0.15, 0.2) is 0 Å². The van der Waals surface area contributed by atoms with Gasteiger partial charge in [-0.3, -0.25) is 0 Å². The SMILES string of the molecule is Nc1cccc2c(C=CCCNC(=O)OCc3ccccc3)cccc12. The number of amides is 1. The van der Waals surface area contributed by atoms with Gasteiger partial charge in [-0.1, -0.05) is 72.8 Å². The van der Waals surface area contributed by atoms with Crippen molar-refractivity contribution >= 4 is 28.6 Å². The van der Waals surface area contributed by atoms with Gasteiger partial charge in [0, 0.05) is 17.6 Å². The van der Waals surface area contributed by atoms with Crippen LogP contribution in [0.15, 0.2) is 72.8 Å². The van der Waals surface area contributed by atoms with Crippen molar-refractivity contribution in [3.05, 3.63) is 83.9 Å². The molecule has 3 aromatic rings. The van der Waals surface area contributed by atoms with Crippen LogP contribution in [0.2, 0.25) is 0 Å². The normalized spacial score (nSPS) is 10.9. The van der Waals surface area contributed by atoms with E-state index in [1.54, 1.807) is 0 Å². The third kappa shape index (κ3) is 4.63. The Morgan fingerprint density at radius 1 is 0.962 bits per heavy atom. The molecule has 0 aliphatic carbocycles. The number of hydrogen-bond acceptors (Lipinski definition) is 3. The van der Waals surface area contributed by atoms with Crippen molar-refractivity contribution < 1.29 is 9.53 Å². The molecule has 0 aliphatic rings. The standard InChI is InChI=1S/C22H22N2O2/c23-21-14-7-12-19-18(11-6-13-20(19)21)10-4-5-15-24-22(25)26-16-17-8-2-1-3-9-17/h1-4,6-14H,5,15-16,23H2,(H,24,25). The highest BCUT2D eigenvalue weighted by Crippen LogP contribution is 2.24. The number of rotatable bonds is 6. The van der Waals surface area contributed by atoms with Gasteiger partial charge in [-0.25, -0.2) is 4.79 Å². The van der Waals surface area contributed by atoms with E-state index in [4.69, 9.17) is 10.5 Å². The number of nitrogens with one attached hydrogen (secondary N) is 1. The maximum atomic E-state index is 11.7. The largest absolute Gasteiger partial charge is 0.445 e. The van der Waals surface area contributed by atoms with Crippen LogP contribution in [0, 0.1) is 0 Å². The number of ether oxygens (including phenoxy) is 1. The fourth-order valence-corrected chi connectivity index (χ4v) is 2.75. The van der Waals surface area contributed by atoms with Crippen molar-refractivity contribution in [1.29, 1.82) is 0 Å². The maximum absolute atomic E-state index is 11.7. The molecule has 0 aliphatic heterocycles. The lowest BCUT2D eigenvalue weighted by atomic mass is 10.0. The van der Waals surface area contributed by atoms with Crippen LogP contribution in [-0.4, -0.2) is 12.6 Å². The Bertz CT molecular complexity index is 904. The minimum absolute atomic E-state index is 0.278. The summed E-state index contributed by atoms with van der Waals surface area (Å²) in [5.74, 6) is 0. The van der Waals surface area contributed by atoms with Crippen LogP contribution in [0.25, 0.3) is 16.8 Å². The molecule has 0 unspecified atom stereocenters. The number of alkyl carbamates (subject to hydrolysis) is 1. The molecule has 4 nitrogen and oxygen atoms in total. The predicted molar refractivity (Wildman–Crippen MR) is 107 cm³/mol. The van der Waals surface area contributed by atoms with Crippen molar-refractivity contribution in [2.24, 2.45) is 0 Å². The van der Waals surface area contributed by atoms with E-state index in [2.05, 4.69) is 23.5 Å². The molecule has 26 heavy (non-hydrogen) atoms. The zero-order valence-corrected chi connectivity index (χ0v) is 14.5. The van der Waals surface area contributed by atoms with Crippen molar-refractivity contribution in [2.75, 3.05) is 12.3 Å². The van der Waals surface area contributed by atoms with Gasteiger partial charge < -0.3 is 15.8 Å². The number of nitrogen functional groups attached to an aromatic ring is 1. The molecule has 0 radical (unpaired) electrons. The lowest BCUT2D eigenvalue weighted by Gasteiger charge is -2.06. The van der Waals surface area contributed by atoms with E-state index in [0.29, 0.717) is 6.54 Å². The van der Waals surface area contributed by atoms with Crippen LogP contribution in [0.3, 0.4) is 0 Å². The van der Waals surface area contributed by atoms with E-state index >= 15 is 0 Å². The molecule has 0 atom stereocenters. The molecule has 0 saturated carbocycles. The van der Waals surface area contributed by atoms with Crippen LogP contribution in [0.5, 0.6) is 0 Å². The molecule has 0 fully saturated rings. The maximum Gasteiger partial charge on any atom is 0.407 e. The Morgan fingerprint density at radius 2 is 1.73 bits per heavy atom. The minimum Gasteiger partial charge on any atom is -0.445 e. The van der Waals surface area contributed by atoms with Gasteiger partial charge in [0.2, 0.25) is 0 Å². The van der Waals surface area contributed by atoms with E-state index < -0.39 is 6.09 Å². The molecule has 0 saturated heterocycles. The topological polar surface area (TPSA) is 64.3 Å². The summed E-state index contributed by atoms with van der Waals surface area (Å²) in [5, 5.41) is 4.93. The summed E-state index contributed by atoms with van der Waals surface area (Å²) in [4.78, 5) is 11.7. The second kappa shape index (κ2) is 8.72. The van der Waals surface area contributed by atoms with E-state index in [9.17, 15) is 4.79 Å². The first-order chi connectivity index (χ1) is 12.7. The summed E-state index contributed by atoms with van der Waals surface area (Å²) in [5.41, 5.74) is 8.88. The molecule has 3 N–H and O–H groups in total. The molecular weight excluding hydrogens is 324 g/mol. The molecule has 0 aromatic heterocycles. The molecule has 0 bridgehead atoms. The van der Waals surface area contributed by atoms with Crippen LogP contribution < -0.4 is 11.1 Å². The number of anilines is 1. The second-order valence-electron chi connectivity index (χ2n) is 5.97. The number of hydrogen-bond donors (Lipinski definition) is 2. The van der Waals surface area contributed by atoms with Gasteiger partial charge in [0.05, 0.1) is 0 Å². The number of nitrogens with two attached hydrogens (primary N) is 1. The molecular formula is C22H22N2O2. The smallest absolute Gasteiger partial charge is 0.407 e. The zero-order valence-electron chi connectivity index (χ0n) is 14.5. The van der Waals surface area contributed by atoms with Crippen LogP contribution >= 0.6 is 0 Å². The van der Waals surface area contributed by atoms with Crippen molar-refractivity contribution in [1.82, 2.24) is 5.32 Å². The monoisotopic (exact) mass is 346 g/mol. The third-order valence-electron chi connectivity index (χ3n) is 4.08. The molecule has 4 heteroatoms. The molecule has 1 amide bonds. The molecule has 0 heterocycles. The number of carbonyl (C=O) groups is 1. The van der Waals surface area contributed by atoms with Gasteiger partial charge in [0.25, 0.3) is 0 Å². The number of fused-ring (bicyclic) bond motifs is 1. The van der Waals surface area contributed by atoms with E-state index in [1.807, 2.05) is 60.7 Å². The highest BCUT2D eigenvalue weighted by atomic mass is 16.5. The summed E-state index contributed by atoms with van der Waals surface area (Å²) in [7, 11) is 0. The first kappa shape index (κ1) is 17.5. The predicted octanol–water partition coefficient (Wildman–Crippen LogP) is 4.75. The summed E-state index contributed by atoms with van der Waals surface area (Å²) >= 11 is 0. The highest BCUT2D eigenvalue weighted by Gasteiger charge is 2.02. The van der Waals surface area contributed by atoms with Crippen LogP contribution in [0.4, 0.5) is 10.5 Å². The average Bonchev–Trinajstić information content (AvgIpc) is 2.67. The first-order valence-corrected chi connectivity index (χ1v) is 8.62. The van der Waals surface area contributed by atoms with Crippen molar-refractivity contribution in [3.63, 3.8) is 0 Å². The fourth-order valence-electron chi connectivity index (χ4n) is 2.75. The van der Waals surface area contributed by atoms with Gasteiger partial charge in [-0.15, -0.1) is 0 Å². The fraction of sp³-hybridized carbons (Fsp3) is 0.136. The summed E-state index contributed by atoms with van der Waals surface area (Å²) in [6.45, 7) is 0.803. The van der Waals surface area contributed by atoms with Crippen LogP contribution in [0.1, 0.15) is 17.5 Å². The van der Waals surface area contributed by atoms with Gasteiger partial charge in [-0.05, 0) is 29.0 Å². The number of benzene rings is 3.